The Morgan fingerprint density at radius 2 is 1.87 bits per heavy atom. The highest BCUT2D eigenvalue weighted by Crippen LogP contribution is 2.32. The molecule has 0 atom stereocenters. The summed E-state index contributed by atoms with van der Waals surface area (Å²) in [5.74, 6) is 1.30. The van der Waals surface area contributed by atoms with E-state index in [1.165, 1.54) is 16.9 Å². The fourth-order valence-corrected chi connectivity index (χ4v) is 4.58. The number of aryl methyl sites for hydroxylation is 2. The molecular weight excluding hydrogens is 328 g/mol. The predicted octanol–water partition coefficient (Wildman–Crippen LogP) is 3.62. The van der Waals surface area contributed by atoms with Crippen molar-refractivity contribution in [3.8, 4) is 11.3 Å². The van der Waals surface area contributed by atoms with Gasteiger partial charge in [-0.1, -0.05) is 29.8 Å². The van der Waals surface area contributed by atoms with Crippen molar-refractivity contribution in [2.75, 3.05) is 16.8 Å². The van der Waals surface area contributed by atoms with Crippen LogP contribution in [-0.4, -0.2) is 33.1 Å². The molecule has 23 heavy (non-hydrogen) atoms. The summed E-state index contributed by atoms with van der Waals surface area (Å²) < 4.78 is 0. The number of benzene rings is 1. The minimum Gasteiger partial charge on any atom is -0.380 e. The third-order valence-corrected chi connectivity index (χ3v) is 5.96. The van der Waals surface area contributed by atoms with E-state index in [0.717, 1.165) is 27.6 Å². The summed E-state index contributed by atoms with van der Waals surface area (Å²) in [6.45, 7) is 4.04. The molecule has 1 amide bonds. The van der Waals surface area contributed by atoms with Crippen LogP contribution in [0.1, 0.15) is 23.3 Å². The van der Waals surface area contributed by atoms with Crippen LogP contribution in [0.5, 0.6) is 0 Å². The van der Waals surface area contributed by atoms with Gasteiger partial charge in [-0.15, -0.1) is 11.3 Å². The summed E-state index contributed by atoms with van der Waals surface area (Å²) in [6.07, 6.45) is 0.997. The normalized spacial score (nSPS) is 17.0. The number of anilines is 1. The molecule has 2 heterocycles. The molecule has 0 bridgehead atoms. The Labute approximate surface area is 144 Å². The lowest BCUT2D eigenvalue weighted by Crippen LogP contribution is -2.45. The zero-order valence-electron chi connectivity index (χ0n) is 13.3. The Kier molecular flexibility index (Phi) is 4.75. The second kappa shape index (κ2) is 6.63. The van der Waals surface area contributed by atoms with Gasteiger partial charge in [-0.2, -0.15) is 11.8 Å². The molecule has 1 aliphatic heterocycles. The first-order chi connectivity index (χ1) is 11.0. The van der Waals surface area contributed by atoms with Gasteiger partial charge in [-0.25, -0.2) is 4.98 Å². The van der Waals surface area contributed by atoms with Crippen molar-refractivity contribution in [3.63, 3.8) is 0 Å². The van der Waals surface area contributed by atoms with Gasteiger partial charge in [0.05, 0.1) is 5.69 Å². The number of nitrogens with zero attached hydrogens (tertiary/aromatic N) is 1. The number of carbonyl (C=O) groups excluding carboxylic acids is 1. The van der Waals surface area contributed by atoms with Gasteiger partial charge in [0.2, 0.25) is 0 Å². The molecule has 1 fully saturated rings. The van der Waals surface area contributed by atoms with E-state index in [1.807, 2.05) is 26.0 Å². The van der Waals surface area contributed by atoms with E-state index < -0.39 is 5.60 Å². The van der Waals surface area contributed by atoms with Gasteiger partial charge < -0.3 is 5.11 Å². The highest BCUT2D eigenvalue weighted by atomic mass is 32.2. The van der Waals surface area contributed by atoms with Crippen LogP contribution >= 0.6 is 23.1 Å². The minimum atomic E-state index is -1.26. The number of carbonyl (C=O) groups is 1. The molecule has 2 aromatic rings. The number of thioether (sulfide) groups is 1. The summed E-state index contributed by atoms with van der Waals surface area (Å²) >= 11 is 3.22. The second-order valence-electron chi connectivity index (χ2n) is 5.89. The number of aromatic nitrogens is 1. The molecule has 0 saturated carbocycles. The van der Waals surface area contributed by atoms with Crippen LogP contribution < -0.4 is 5.32 Å². The summed E-state index contributed by atoms with van der Waals surface area (Å²) in [6, 6.07) is 8.17. The van der Waals surface area contributed by atoms with Gasteiger partial charge in [0, 0.05) is 10.4 Å². The van der Waals surface area contributed by atoms with Crippen LogP contribution in [0.15, 0.2) is 24.3 Å². The van der Waals surface area contributed by atoms with Crippen molar-refractivity contribution < 1.29 is 9.90 Å². The van der Waals surface area contributed by atoms with E-state index in [2.05, 4.69) is 22.4 Å². The molecule has 3 rings (SSSR count). The Balaban J connectivity index is 1.78. The van der Waals surface area contributed by atoms with Crippen LogP contribution in [0.2, 0.25) is 0 Å². The number of nitrogens with one attached hydrogen (secondary N) is 1. The zero-order chi connectivity index (χ0) is 16.4. The Morgan fingerprint density at radius 1 is 1.22 bits per heavy atom. The quantitative estimate of drug-likeness (QED) is 0.889. The lowest BCUT2D eigenvalue weighted by molar-refractivity contribution is -0.134. The molecule has 0 spiro atoms. The number of amides is 1. The van der Waals surface area contributed by atoms with Gasteiger partial charge in [0.25, 0.3) is 5.91 Å². The summed E-state index contributed by atoms with van der Waals surface area (Å²) in [5, 5.41) is 13.8. The van der Waals surface area contributed by atoms with Crippen molar-refractivity contribution in [2.24, 2.45) is 0 Å². The molecule has 1 aliphatic rings. The number of hydrogen-bond donors (Lipinski definition) is 2. The van der Waals surface area contributed by atoms with E-state index in [0.29, 0.717) is 18.0 Å². The molecule has 122 valence electrons. The number of thiazole rings is 1. The van der Waals surface area contributed by atoms with Crippen LogP contribution in [-0.2, 0) is 4.79 Å². The van der Waals surface area contributed by atoms with Gasteiger partial charge in [0.1, 0.15) is 5.60 Å². The van der Waals surface area contributed by atoms with Gasteiger partial charge in [-0.05, 0) is 38.2 Å². The summed E-state index contributed by atoms with van der Waals surface area (Å²) in [7, 11) is 0. The maximum absolute atomic E-state index is 12.4. The monoisotopic (exact) mass is 348 g/mol. The molecule has 0 aliphatic carbocycles. The smallest absolute Gasteiger partial charge is 0.258 e. The van der Waals surface area contributed by atoms with Gasteiger partial charge in [0.15, 0.2) is 5.13 Å². The minimum absolute atomic E-state index is 0.331. The van der Waals surface area contributed by atoms with Gasteiger partial charge >= 0.3 is 0 Å². The fourth-order valence-electron chi connectivity index (χ4n) is 2.58. The first kappa shape index (κ1) is 16.5. The highest BCUT2D eigenvalue weighted by Gasteiger charge is 2.37. The Bertz CT molecular complexity index is 704. The molecule has 0 unspecified atom stereocenters. The SMILES string of the molecule is Cc1ccc(-c2nc(NC(=O)C3(O)CCSCC3)sc2C)cc1. The maximum Gasteiger partial charge on any atom is 0.258 e. The molecule has 0 radical (unpaired) electrons. The molecule has 4 nitrogen and oxygen atoms in total. The average Bonchev–Trinajstić information content (AvgIpc) is 2.89. The first-order valence-corrected chi connectivity index (χ1v) is 9.61. The average molecular weight is 348 g/mol. The van der Waals surface area contributed by atoms with Crippen molar-refractivity contribution in [2.45, 2.75) is 32.3 Å². The lowest BCUT2D eigenvalue weighted by Gasteiger charge is -2.29. The highest BCUT2D eigenvalue weighted by molar-refractivity contribution is 7.99. The van der Waals surface area contributed by atoms with Crippen LogP contribution in [0.3, 0.4) is 0 Å². The summed E-state index contributed by atoms with van der Waals surface area (Å²) in [4.78, 5) is 18.0. The van der Waals surface area contributed by atoms with E-state index in [4.69, 9.17) is 0 Å². The zero-order valence-corrected chi connectivity index (χ0v) is 14.9. The van der Waals surface area contributed by atoms with Crippen molar-refractivity contribution in [1.82, 2.24) is 4.98 Å². The molecule has 6 heteroatoms. The number of aliphatic hydroxyl groups is 1. The lowest BCUT2D eigenvalue weighted by atomic mass is 9.96. The fraction of sp³-hybridized carbons (Fsp3) is 0.412. The van der Waals surface area contributed by atoms with Crippen LogP contribution in [0, 0.1) is 13.8 Å². The predicted molar refractivity (Wildman–Crippen MR) is 97.2 cm³/mol. The number of hydrogen-bond acceptors (Lipinski definition) is 5. The van der Waals surface area contributed by atoms with Crippen LogP contribution in [0.25, 0.3) is 11.3 Å². The third-order valence-electron chi connectivity index (χ3n) is 4.08. The standard InChI is InChI=1S/C17H20N2O2S2/c1-11-3-5-13(6-4-11)14-12(2)23-16(18-14)19-15(20)17(21)7-9-22-10-8-17/h3-6,21H,7-10H2,1-2H3,(H,18,19,20). The Hall–Kier alpha value is -1.37. The second-order valence-corrected chi connectivity index (χ2v) is 8.32. The van der Waals surface area contributed by atoms with E-state index in [-0.39, 0.29) is 5.91 Å². The van der Waals surface area contributed by atoms with E-state index >= 15 is 0 Å². The number of rotatable bonds is 3. The van der Waals surface area contributed by atoms with Crippen LogP contribution in [0.4, 0.5) is 5.13 Å². The first-order valence-electron chi connectivity index (χ1n) is 7.64. The van der Waals surface area contributed by atoms with Crippen molar-refractivity contribution in [3.05, 3.63) is 34.7 Å². The third kappa shape index (κ3) is 3.59. The largest absolute Gasteiger partial charge is 0.380 e. The molecule has 2 N–H and O–H groups in total. The maximum atomic E-state index is 12.4. The van der Waals surface area contributed by atoms with E-state index in [9.17, 15) is 9.90 Å². The van der Waals surface area contributed by atoms with E-state index in [1.54, 1.807) is 11.8 Å². The molecule has 1 saturated heterocycles. The molecule has 1 aromatic carbocycles. The summed E-state index contributed by atoms with van der Waals surface area (Å²) in [5.41, 5.74) is 1.87. The van der Waals surface area contributed by atoms with Crippen molar-refractivity contribution in [1.29, 1.82) is 0 Å². The Morgan fingerprint density at radius 3 is 2.52 bits per heavy atom. The topological polar surface area (TPSA) is 62.2 Å². The van der Waals surface area contributed by atoms with Crippen molar-refractivity contribution >= 4 is 34.1 Å². The van der Waals surface area contributed by atoms with Gasteiger partial charge in [-0.3, -0.25) is 10.1 Å². The molecule has 1 aromatic heterocycles. The molecular formula is C17H20N2O2S2.